The molecule has 0 atom stereocenters. The third-order valence-corrected chi connectivity index (χ3v) is 2.37. The van der Waals surface area contributed by atoms with Gasteiger partial charge in [0.15, 0.2) is 0 Å². The molecule has 1 rings (SSSR count). The maximum absolute atomic E-state index is 12.3. The molecule has 1 aromatic rings. The fourth-order valence-corrected chi connectivity index (χ4v) is 1.46. The van der Waals surface area contributed by atoms with Crippen molar-refractivity contribution in [1.29, 1.82) is 0 Å². The van der Waals surface area contributed by atoms with E-state index in [4.69, 9.17) is 11.5 Å². The van der Waals surface area contributed by atoms with Crippen LogP contribution in [-0.2, 0) is 12.6 Å². The number of benzene rings is 1. The van der Waals surface area contributed by atoms with Crippen LogP contribution in [0, 0.1) is 0 Å². The van der Waals surface area contributed by atoms with Crippen LogP contribution in [0.2, 0.25) is 0 Å². The highest BCUT2D eigenvalue weighted by Crippen LogP contribution is 2.31. The molecule has 0 unspecified atom stereocenters. The lowest BCUT2D eigenvalue weighted by atomic mass is 10.0. The molecule has 90 valence electrons. The molecule has 5 heteroatoms. The Bertz CT molecular complexity index is 348. The molecule has 0 saturated heterocycles. The standard InChI is InChI=1S/C11H15F3N2/c12-11(13,14)9-5-4-8(10(16)7-9)3-1-2-6-15/h4-5,7H,1-3,6,15-16H2. The van der Waals surface area contributed by atoms with Gasteiger partial charge in [0.1, 0.15) is 0 Å². The molecule has 1 aromatic carbocycles. The first-order valence-corrected chi connectivity index (χ1v) is 5.11. The Labute approximate surface area is 92.4 Å². The average molecular weight is 232 g/mol. The van der Waals surface area contributed by atoms with Gasteiger partial charge < -0.3 is 11.5 Å². The van der Waals surface area contributed by atoms with Crippen molar-refractivity contribution in [1.82, 2.24) is 0 Å². The lowest BCUT2D eigenvalue weighted by molar-refractivity contribution is -0.137. The maximum Gasteiger partial charge on any atom is 0.416 e. The monoisotopic (exact) mass is 232 g/mol. The van der Waals surface area contributed by atoms with Crippen molar-refractivity contribution in [3.63, 3.8) is 0 Å². The fraction of sp³-hybridized carbons (Fsp3) is 0.455. The third-order valence-electron chi connectivity index (χ3n) is 2.37. The topological polar surface area (TPSA) is 52.0 Å². The van der Waals surface area contributed by atoms with E-state index in [1.165, 1.54) is 6.07 Å². The smallest absolute Gasteiger partial charge is 0.398 e. The Morgan fingerprint density at radius 1 is 1.12 bits per heavy atom. The molecule has 0 aromatic heterocycles. The molecule has 0 aliphatic heterocycles. The molecule has 0 radical (unpaired) electrons. The van der Waals surface area contributed by atoms with Crippen LogP contribution < -0.4 is 11.5 Å². The number of halogens is 3. The van der Waals surface area contributed by atoms with Crippen LogP contribution in [0.25, 0.3) is 0 Å². The zero-order chi connectivity index (χ0) is 12.2. The molecule has 0 aliphatic carbocycles. The van der Waals surface area contributed by atoms with Gasteiger partial charge >= 0.3 is 6.18 Å². The first kappa shape index (κ1) is 12.8. The summed E-state index contributed by atoms with van der Waals surface area (Å²) >= 11 is 0. The lowest BCUT2D eigenvalue weighted by Crippen LogP contribution is -2.07. The van der Waals surface area contributed by atoms with Crippen LogP contribution in [-0.4, -0.2) is 6.54 Å². The van der Waals surface area contributed by atoms with Gasteiger partial charge in [0.05, 0.1) is 5.56 Å². The van der Waals surface area contributed by atoms with Gasteiger partial charge in [0.2, 0.25) is 0 Å². The first-order chi connectivity index (χ1) is 7.45. The molecule has 0 aliphatic rings. The van der Waals surface area contributed by atoms with Crippen LogP contribution in [0.1, 0.15) is 24.0 Å². The van der Waals surface area contributed by atoms with Gasteiger partial charge in [0, 0.05) is 5.69 Å². The minimum absolute atomic E-state index is 0.201. The predicted molar refractivity (Wildman–Crippen MR) is 57.8 cm³/mol. The molecule has 0 saturated carbocycles. The van der Waals surface area contributed by atoms with Crippen molar-refractivity contribution in [2.45, 2.75) is 25.4 Å². The lowest BCUT2D eigenvalue weighted by Gasteiger charge is -2.10. The SMILES string of the molecule is NCCCCc1ccc(C(F)(F)F)cc1N. The van der Waals surface area contributed by atoms with E-state index in [-0.39, 0.29) is 5.69 Å². The molecule has 0 bridgehead atoms. The molecule has 16 heavy (non-hydrogen) atoms. The zero-order valence-corrected chi connectivity index (χ0v) is 8.85. The van der Waals surface area contributed by atoms with Crippen molar-refractivity contribution in [2.24, 2.45) is 5.73 Å². The van der Waals surface area contributed by atoms with E-state index in [0.29, 0.717) is 13.0 Å². The number of alkyl halides is 3. The van der Waals surface area contributed by atoms with E-state index in [0.717, 1.165) is 30.5 Å². The minimum atomic E-state index is -4.33. The van der Waals surface area contributed by atoms with E-state index < -0.39 is 11.7 Å². The van der Waals surface area contributed by atoms with Crippen molar-refractivity contribution < 1.29 is 13.2 Å². The van der Waals surface area contributed by atoms with Gasteiger partial charge in [-0.25, -0.2) is 0 Å². The van der Waals surface area contributed by atoms with Gasteiger partial charge in [-0.05, 0) is 43.5 Å². The summed E-state index contributed by atoms with van der Waals surface area (Å²) in [6.45, 7) is 0.584. The van der Waals surface area contributed by atoms with Crippen LogP contribution in [0.15, 0.2) is 18.2 Å². The summed E-state index contributed by atoms with van der Waals surface area (Å²) in [6, 6.07) is 3.49. The first-order valence-electron chi connectivity index (χ1n) is 5.11. The second-order valence-electron chi connectivity index (χ2n) is 3.66. The zero-order valence-electron chi connectivity index (χ0n) is 8.85. The Morgan fingerprint density at radius 3 is 2.31 bits per heavy atom. The largest absolute Gasteiger partial charge is 0.416 e. The minimum Gasteiger partial charge on any atom is -0.398 e. The summed E-state index contributed by atoms with van der Waals surface area (Å²) in [5.74, 6) is 0. The second-order valence-corrected chi connectivity index (χ2v) is 3.66. The Kier molecular flexibility index (Phi) is 4.18. The maximum atomic E-state index is 12.3. The van der Waals surface area contributed by atoms with Crippen molar-refractivity contribution in [3.8, 4) is 0 Å². The number of hydrogen-bond donors (Lipinski definition) is 2. The van der Waals surface area contributed by atoms with Gasteiger partial charge in [-0.15, -0.1) is 0 Å². The predicted octanol–water partition coefficient (Wildman–Crippen LogP) is 2.57. The summed E-state index contributed by atoms with van der Waals surface area (Å²) in [5, 5.41) is 0. The number of hydrogen-bond acceptors (Lipinski definition) is 2. The molecule has 0 fully saturated rings. The highest BCUT2D eigenvalue weighted by atomic mass is 19.4. The number of rotatable bonds is 4. The van der Waals surface area contributed by atoms with Crippen molar-refractivity contribution >= 4 is 5.69 Å². The number of nitrogens with two attached hydrogens (primary N) is 2. The van der Waals surface area contributed by atoms with Gasteiger partial charge in [-0.3, -0.25) is 0 Å². The van der Waals surface area contributed by atoms with E-state index in [9.17, 15) is 13.2 Å². The summed E-state index contributed by atoms with van der Waals surface area (Å²) in [7, 11) is 0. The summed E-state index contributed by atoms with van der Waals surface area (Å²) in [6.07, 6.45) is -1.97. The van der Waals surface area contributed by atoms with E-state index in [2.05, 4.69) is 0 Å². The summed E-state index contributed by atoms with van der Waals surface area (Å²) in [4.78, 5) is 0. The number of unbranched alkanes of at least 4 members (excludes halogenated alkanes) is 1. The normalized spacial score (nSPS) is 11.8. The quantitative estimate of drug-likeness (QED) is 0.619. The molecular weight excluding hydrogens is 217 g/mol. The third kappa shape index (κ3) is 3.41. The van der Waals surface area contributed by atoms with Crippen LogP contribution in [0.5, 0.6) is 0 Å². The summed E-state index contributed by atoms with van der Waals surface area (Å²) in [5.41, 5.74) is 11.2. The molecular formula is C11H15F3N2. The molecule has 0 heterocycles. The van der Waals surface area contributed by atoms with E-state index >= 15 is 0 Å². The second kappa shape index (κ2) is 5.21. The molecule has 2 nitrogen and oxygen atoms in total. The molecule has 0 amide bonds. The number of anilines is 1. The van der Waals surface area contributed by atoms with Gasteiger partial charge in [0.25, 0.3) is 0 Å². The highest BCUT2D eigenvalue weighted by Gasteiger charge is 2.30. The van der Waals surface area contributed by atoms with Crippen molar-refractivity contribution in [3.05, 3.63) is 29.3 Å². The number of nitrogen functional groups attached to an aromatic ring is 1. The Balaban J connectivity index is 2.76. The molecule has 4 N–H and O–H groups in total. The van der Waals surface area contributed by atoms with Crippen molar-refractivity contribution in [2.75, 3.05) is 12.3 Å². The highest BCUT2D eigenvalue weighted by molar-refractivity contribution is 5.49. The Hall–Kier alpha value is -1.23. The van der Waals surface area contributed by atoms with E-state index in [1.807, 2.05) is 0 Å². The van der Waals surface area contributed by atoms with Gasteiger partial charge in [-0.2, -0.15) is 13.2 Å². The van der Waals surface area contributed by atoms with E-state index in [1.54, 1.807) is 0 Å². The van der Waals surface area contributed by atoms with Crippen LogP contribution in [0.4, 0.5) is 18.9 Å². The molecule has 0 spiro atoms. The van der Waals surface area contributed by atoms with Gasteiger partial charge in [-0.1, -0.05) is 6.07 Å². The van der Waals surface area contributed by atoms with Crippen LogP contribution >= 0.6 is 0 Å². The van der Waals surface area contributed by atoms with Crippen LogP contribution in [0.3, 0.4) is 0 Å². The average Bonchev–Trinajstić information content (AvgIpc) is 2.19. The Morgan fingerprint density at radius 2 is 1.81 bits per heavy atom. The number of aryl methyl sites for hydroxylation is 1. The summed E-state index contributed by atoms with van der Waals surface area (Å²) < 4.78 is 37.0. The fourth-order valence-electron chi connectivity index (χ4n) is 1.46.